The molecule has 0 spiro atoms. The summed E-state index contributed by atoms with van der Waals surface area (Å²) in [4.78, 5) is 16.4. The van der Waals surface area contributed by atoms with Crippen LogP contribution in [0.25, 0.3) is 23.4 Å². The van der Waals surface area contributed by atoms with Gasteiger partial charge in [-0.15, -0.1) is 0 Å². The Morgan fingerprint density at radius 3 is 2.18 bits per heavy atom. The number of carbonyl (C=O) groups is 1. The molecule has 1 N–H and O–H groups in total. The fraction of sp³-hybridized carbons (Fsp3) is 0.189. The average Bonchev–Trinajstić information content (AvgIpc) is 3.41. The van der Waals surface area contributed by atoms with Gasteiger partial charge in [-0.2, -0.15) is 0 Å². The molecule has 0 bridgehead atoms. The first-order valence-electron chi connectivity index (χ1n) is 14.6. The molecule has 5 aromatic rings. The Hall–Kier alpha value is -4.52. The van der Waals surface area contributed by atoms with Crippen LogP contribution in [-0.2, 0) is 21.5 Å². The number of hydrogen-bond donors (Lipinski definition) is 1. The van der Waals surface area contributed by atoms with E-state index in [9.17, 15) is 4.79 Å². The van der Waals surface area contributed by atoms with E-state index >= 15 is 0 Å². The first-order valence-corrected chi connectivity index (χ1v) is 15.3. The van der Waals surface area contributed by atoms with Crippen LogP contribution in [0.4, 0.5) is 5.69 Å². The molecule has 0 aliphatic heterocycles. The summed E-state index contributed by atoms with van der Waals surface area (Å²) in [7, 11) is 1.37. The van der Waals surface area contributed by atoms with Crippen molar-refractivity contribution in [3.8, 4) is 22.8 Å². The predicted molar refractivity (Wildman–Crippen MR) is 184 cm³/mol. The highest BCUT2D eigenvalue weighted by molar-refractivity contribution is 6.36. The summed E-state index contributed by atoms with van der Waals surface area (Å²) in [5.74, 6) is 2.01. The number of anilines is 1. The third kappa shape index (κ3) is 8.56. The molecule has 0 amide bonds. The molecule has 0 saturated carbocycles. The number of ether oxygens (including phenoxy) is 2. The molecule has 8 heteroatoms. The molecular weight excluding hydrogens is 605 g/mol. The highest BCUT2D eigenvalue weighted by Crippen LogP contribution is 2.31. The lowest BCUT2D eigenvalue weighted by atomic mass is 9.87. The summed E-state index contributed by atoms with van der Waals surface area (Å²) in [6, 6.07) is 29.5. The maximum atomic E-state index is 11.5. The van der Waals surface area contributed by atoms with Crippen molar-refractivity contribution in [2.24, 2.45) is 0 Å². The van der Waals surface area contributed by atoms with E-state index in [1.54, 1.807) is 12.1 Å². The predicted octanol–water partition coefficient (Wildman–Crippen LogP) is 9.75. The van der Waals surface area contributed by atoms with Crippen molar-refractivity contribution in [2.75, 3.05) is 19.0 Å². The van der Waals surface area contributed by atoms with Gasteiger partial charge in [0, 0.05) is 29.0 Å². The van der Waals surface area contributed by atoms with Crippen LogP contribution in [0.5, 0.6) is 11.5 Å². The number of imidazole rings is 1. The lowest BCUT2D eigenvalue weighted by Crippen LogP contribution is -2.14. The Morgan fingerprint density at radius 2 is 1.56 bits per heavy atom. The standard InChI is InChI=1S/C37H35Cl2N3O3/c1-37(2,3)27-10-17-31(18-11-27)45-30-15-7-25(8-16-30)9-20-35-41-34(32-19-12-28(38)21-33(32)39)24-42(35)23-26-5-13-29(14-6-26)40-22-36(43)44-4/h5-21,24,40H,22-23H2,1-4H3. The van der Waals surface area contributed by atoms with Crippen LogP contribution in [-0.4, -0.2) is 29.2 Å². The monoisotopic (exact) mass is 639 g/mol. The second kappa shape index (κ2) is 14.1. The first kappa shape index (κ1) is 31.9. The number of nitrogens with one attached hydrogen (secondary N) is 1. The zero-order valence-corrected chi connectivity index (χ0v) is 27.2. The number of esters is 1. The van der Waals surface area contributed by atoms with Gasteiger partial charge in [-0.1, -0.05) is 86.4 Å². The van der Waals surface area contributed by atoms with Crippen LogP contribution < -0.4 is 10.1 Å². The number of benzene rings is 4. The highest BCUT2D eigenvalue weighted by atomic mass is 35.5. The van der Waals surface area contributed by atoms with E-state index in [0.29, 0.717) is 16.6 Å². The second-order valence-corrected chi connectivity index (χ2v) is 12.5. The maximum Gasteiger partial charge on any atom is 0.325 e. The van der Waals surface area contributed by atoms with E-state index in [-0.39, 0.29) is 17.9 Å². The van der Waals surface area contributed by atoms with Crippen LogP contribution in [0.2, 0.25) is 10.0 Å². The van der Waals surface area contributed by atoms with Gasteiger partial charge in [-0.05, 0) is 82.8 Å². The summed E-state index contributed by atoms with van der Waals surface area (Å²) >= 11 is 12.7. The molecule has 230 valence electrons. The first-order chi connectivity index (χ1) is 21.6. The fourth-order valence-electron chi connectivity index (χ4n) is 4.66. The molecule has 1 heterocycles. The van der Waals surface area contributed by atoms with Crippen LogP contribution in [0.3, 0.4) is 0 Å². The Morgan fingerprint density at radius 1 is 0.889 bits per heavy atom. The van der Waals surface area contributed by atoms with E-state index in [0.717, 1.165) is 45.4 Å². The Labute approximate surface area is 274 Å². The zero-order valence-electron chi connectivity index (χ0n) is 25.7. The van der Waals surface area contributed by atoms with E-state index < -0.39 is 0 Å². The van der Waals surface area contributed by atoms with Crippen molar-refractivity contribution < 1.29 is 14.3 Å². The number of aromatic nitrogens is 2. The van der Waals surface area contributed by atoms with E-state index in [4.69, 9.17) is 37.7 Å². The third-order valence-electron chi connectivity index (χ3n) is 7.25. The average molecular weight is 641 g/mol. The molecule has 0 saturated heterocycles. The molecule has 0 aliphatic carbocycles. The largest absolute Gasteiger partial charge is 0.468 e. The van der Waals surface area contributed by atoms with Gasteiger partial charge in [-0.25, -0.2) is 4.98 Å². The van der Waals surface area contributed by atoms with Crippen molar-refractivity contribution in [1.82, 2.24) is 9.55 Å². The minimum atomic E-state index is -0.324. The molecule has 0 aliphatic rings. The summed E-state index contributed by atoms with van der Waals surface area (Å²) in [5, 5.41) is 4.16. The number of halogens is 2. The van der Waals surface area contributed by atoms with Gasteiger partial charge < -0.3 is 19.4 Å². The lowest BCUT2D eigenvalue weighted by Gasteiger charge is -2.19. The SMILES string of the molecule is COC(=O)CNc1ccc(Cn2cc(-c3ccc(Cl)cc3Cl)nc2C=Cc2ccc(Oc3ccc(C(C)(C)C)cc3)cc2)cc1. The van der Waals surface area contributed by atoms with Gasteiger partial charge in [0.2, 0.25) is 0 Å². The molecule has 0 fully saturated rings. The van der Waals surface area contributed by atoms with Crippen LogP contribution in [0, 0.1) is 0 Å². The molecule has 5 rings (SSSR count). The minimum absolute atomic E-state index is 0.0952. The molecule has 4 aromatic carbocycles. The topological polar surface area (TPSA) is 65.4 Å². The zero-order chi connectivity index (χ0) is 32.0. The van der Waals surface area contributed by atoms with Gasteiger partial charge in [0.1, 0.15) is 23.9 Å². The minimum Gasteiger partial charge on any atom is -0.468 e. The summed E-state index contributed by atoms with van der Waals surface area (Å²) in [6.45, 7) is 7.27. The van der Waals surface area contributed by atoms with Crippen LogP contribution >= 0.6 is 23.2 Å². The van der Waals surface area contributed by atoms with Crippen LogP contribution in [0.15, 0.2) is 97.2 Å². The van der Waals surface area contributed by atoms with Crippen molar-refractivity contribution in [2.45, 2.75) is 32.7 Å². The third-order valence-corrected chi connectivity index (χ3v) is 7.79. The maximum absolute atomic E-state index is 11.5. The van der Waals surface area contributed by atoms with Crippen LogP contribution in [0.1, 0.15) is 43.3 Å². The summed E-state index contributed by atoms with van der Waals surface area (Å²) < 4.78 is 12.8. The van der Waals surface area contributed by atoms with Crippen molar-refractivity contribution in [1.29, 1.82) is 0 Å². The molecule has 45 heavy (non-hydrogen) atoms. The Bertz CT molecular complexity index is 1790. The fourth-order valence-corrected chi connectivity index (χ4v) is 5.17. The summed E-state index contributed by atoms with van der Waals surface area (Å²) in [5.41, 5.74) is 5.81. The van der Waals surface area contributed by atoms with Crippen molar-refractivity contribution in [3.05, 3.63) is 130 Å². The van der Waals surface area contributed by atoms with Gasteiger partial charge >= 0.3 is 5.97 Å². The number of rotatable bonds is 10. The normalized spacial score (nSPS) is 11.5. The molecule has 0 atom stereocenters. The van der Waals surface area contributed by atoms with Crippen molar-refractivity contribution in [3.63, 3.8) is 0 Å². The Balaban J connectivity index is 1.34. The molecule has 1 aromatic heterocycles. The number of methoxy groups -OCH3 is 1. The van der Waals surface area contributed by atoms with E-state index in [1.165, 1.54) is 12.7 Å². The quantitative estimate of drug-likeness (QED) is 0.154. The van der Waals surface area contributed by atoms with Gasteiger partial charge in [0.05, 0.1) is 17.8 Å². The smallest absolute Gasteiger partial charge is 0.325 e. The van der Waals surface area contributed by atoms with Gasteiger partial charge in [0.15, 0.2) is 0 Å². The number of hydrogen-bond acceptors (Lipinski definition) is 5. The van der Waals surface area contributed by atoms with Gasteiger partial charge in [-0.3, -0.25) is 4.79 Å². The van der Waals surface area contributed by atoms with E-state index in [1.807, 2.05) is 85.1 Å². The Kier molecular flexibility index (Phi) is 9.96. The molecule has 0 radical (unpaired) electrons. The molecular formula is C37H35Cl2N3O3. The van der Waals surface area contributed by atoms with Gasteiger partial charge in [0.25, 0.3) is 0 Å². The highest BCUT2D eigenvalue weighted by Gasteiger charge is 2.14. The second-order valence-electron chi connectivity index (χ2n) is 11.6. The summed E-state index contributed by atoms with van der Waals surface area (Å²) in [6.07, 6.45) is 5.99. The molecule has 6 nitrogen and oxygen atoms in total. The molecule has 0 unspecified atom stereocenters. The van der Waals surface area contributed by atoms with Crippen molar-refractivity contribution >= 4 is 47.0 Å². The number of carbonyl (C=O) groups excluding carboxylic acids is 1. The number of nitrogens with zero attached hydrogens (tertiary/aromatic N) is 2. The lowest BCUT2D eigenvalue weighted by molar-refractivity contribution is -0.138. The van der Waals surface area contributed by atoms with E-state index in [2.05, 4.69) is 42.8 Å².